The molecule has 0 aromatic heterocycles. The normalized spacial score (nSPS) is 22.5. The molecule has 2 aliphatic rings. The van der Waals surface area contributed by atoms with Gasteiger partial charge in [0.1, 0.15) is 0 Å². The second-order valence-corrected chi connectivity index (χ2v) is 5.40. The van der Waals surface area contributed by atoms with E-state index in [1.807, 2.05) is 17.8 Å². The van der Waals surface area contributed by atoms with E-state index in [1.54, 1.807) is 12.1 Å². The van der Waals surface area contributed by atoms with E-state index in [1.165, 1.54) is 5.75 Å². The molecule has 1 aromatic rings. The lowest BCUT2D eigenvalue weighted by Gasteiger charge is -2.13. The Kier molecular flexibility index (Phi) is 2.55. The van der Waals surface area contributed by atoms with Crippen molar-refractivity contribution in [2.45, 2.75) is 12.5 Å². The fourth-order valence-electron chi connectivity index (χ4n) is 2.14. The van der Waals surface area contributed by atoms with Gasteiger partial charge in [0.2, 0.25) is 0 Å². The Labute approximate surface area is 103 Å². The monoisotopic (exact) mass is 248 g/mol. The number of thioether (sulfide) groups is 1. The van der Waals surface area contributed by atoms with Gasteiger partial charge in [0.15, 0.2) is 0 Å². The summed E-state index contributed by atoms with van der Waals surface area (Å²) >= 11 is 1.93. The van der Waals surface area contributed by atoms with E-state index >= 15 is 0 Å². The highest BCUT2D eigenvalue weighted by Gasteiger charge is 2.27. The predicted octanol–water partition coefficient (Wildman–Crippen LogP) is 1.49. The van der Waals surface area contributed by atoms with Crippen LogP contribution in [0.1, 0.15) is 27.1 Å². The maximum Gasteiger partial charge on any atom is 0.259 e. The number of hydrogen-bond donors (Lipinski definition) is 2. The highest BCUT2D eigenvalue weighted by Crippen LogP contribution is 2.24. The summed E-state index contributed by atoms with van der Waals surface area (Å²) in [6.07, 6.45) is 1.15. The van der Waals surface area contributed by atoms with Crippen LogP contribution in [0.2, 0.25) is 0 Å². The third-order valence-corrected chi connectivity index (χ3v) is 4.20. The van der Waals surface area contributed by atoms with Gasteiger partial charge in [-0.2, -0.15) is 11.8 Å². The van der Waals surface area contributed by atoms with Crippen LogP contribution in [0.5, 0.6) is 0 Å². The smallest absolute Gasteiger partial charge is 0.259 e. The Morgan fingerprint density at radius 1 is 1.24 bits per heavy atom. The van der Waals surface area contributed by atoms with Crippen LogP contribution in [0.3, 0.4) is 0 Å². The molecule has 1 aromatic carbocycles. The van der Waals surface area contributed by atoms with Crippen LogP contribution in [0.25, 0.3) is 0 Å². The van der Waals surface area contributed by atoms with Crippen LogP contribution in [0.15, 0.2) is 18.2 Å². The van der Waals surface area contributed by atoms with Crippen LogP contribution in [0, 0.1) is 0 Å². The fraction of sp³-hybridized carbons (Fsp3) is 0.333. The van der Waals surface area contributed by atoms with Crippen LogP contribution in [-0.4, -0.2) is 29.4 Å². The Morgan fingerprint density at radius 3 is 2.82 bits per heavy atom. The largest absolute Gasteiger partial charge is 0.381 e. The van der Waals surface area contributed by atoms with E-state index in [-0.39, 0.29) is 11.8 Å². The average Bonchev–Trinajstić information content (AvgIpc) is 2.89. The molecule has 0 spiro atoms. The second-order valence-electron chi connectivity index (χ2n) is 4.25. The molecule has 0 aliphatic carbocycles. The average molecular weight is 248 g/mol. The van der Waals surface area contributed by atoms with Gasteiger partial charge in [0, 0.05) is 17.5 Å². The van der Waals surface area contributed by atoms with Gasteiger partial charge >= 0.3 is 0 Å². The highest BCUT2D eigenvalue weighted by atomic mass is 32.2. The number of rotatable bonds is 2. The van der Waals surface area contributed by atoms with E-state index < -0.39 is 0 Å². The van der Waals surface area contributed by atoms with Crippen LogP contribution < -0.4 is 10.6 Å². The number of amides is 2. The summed E-state index contributed by atoms with van der Waals surface area (Å²) < 4.78 is 0. The topological polar surface area (TPSA) is 58.2 Å². The van der Waals surface area contributed by atoms with Crippen molar-refractivity contribution in [1.82, 2.24) is 5.32 Å². The van der Waals surface area contributed by atoms with E-state index in [0.29, 0.717) is 17.2 Å². The van der Waals surface area contributed by atoms with Crippen molar-refractivity contribution in [1.29, 1.82) is 0 Å². The van der Waals surface area contributed by atoms with E-state index in [0.717, 1.165) is 17.9 Å². The van der Waals surface area contributed by atoms with E-state index in [2.05, 4.69) is 10.6 Å². The molecule has 2 amide bonds. The van der Waals surface area contributed by atoms with Crippen molar-refractivity contribution in [2.24, 2.45) is 0 Å². The molecule has 17 heavy (non-hydrogen) atoms. The zero-order valence-corrected chi connectivity index (χ0v) is 9.97. The lowest BCUT2D eigenvalue weighted by molar-refractivity contribution is 0.0879. The molecule has 1 atom stereocenters. The number of anilines is 1. The summed E-state index contributed by atoms with van der Waals surface area (Å²) in [5.41, 5.74) is 1.87. The first kappa shape index (κ1) is 10.7. The number of hydrogen-bond acceptors (Lipinski definition) is 4. The zero-order chi connectivity index (χ0) is 11.8. The molecule has 4 nitrogen and oxygen atoms in total. The number of carbonyl (C=O) groups excluding carboxylic acids is 2. The minimum absolute atomic E-state index is 0.297. The summed E-state index contributed by atoms with van der Waals surface area (Å²) in [7, 11) is 0. The van der Waals surface area contributed by atoms with Crippen LogP contribution in [-0.2, 0) is 0 Å². The van der Waals surface area contributed by atoms with Crippen molar-refractivity contribution in [3.63, 3.8) is 0 Å². The molecule has 1 unspecified atom stereocenters. The van der Waals surface area contributed by atoms with Crippen molar-refractivity contribution in [2.75, 3.05) is 16.8 Å². The van der Waals surface area contributed by atoms with Gasteiger partial charge in [-0.15, -0.1) is 0 Å². The van der Waals surface area contributed by atoms with E-state index in [9.17, 15) is 9.59 Å². The minimum Gasteiger partial charge on any atom is -0.381 e. The molecule has 2 aliphatic heterocycles. The van der Waals surface area contributed by atoms with Crippen molar-refractivity contribution in [3.05, 3.63) is 29.3 Å². The summed E-state index contributed by atoms with van der Waals surface area (Å²) in [6.45, 7) is 0. The van der Waals surface area contributed by atoms with Crippen molar-refractivity contribution >= 4 is 29.3 Å². The Balaban J connectivity index is 1.85. The molecule has 1 saturated heterocycles. The quantitative estimate of drug-likeness (QED) is 0.778. The molecular weight excluding hydrogens is 236 g/mol. The summed E-state index contributed by atoms with van der Waals surface area (Å²) in [4.78, 5) is 22.9. The molecule has 88 valence electrons. The van der Waals surface area contributed by atoms with Gasteiger partial charge in [-0.05, 0) is 30.4 Å². The lowest BCUT2D eigenvalue weighted by Crippen LogP contribution is -2.20. The van der Waals surface area contributed by atoms with Crippen LogP contribution >= 0.6 is 11.8 Å². The second kappa shape index (κ2) is 4.07. The van der Waals surface area contributed by atoms with Crippen molar-refractivity contribution < 1.29 is 9.59 Å². The molecule has 1 fully saturated rings. The summed E-state index contributed by atoms with van der Waals surface area (Å²) in [6, 6.07) is 5.80. The third-order valence-electron chi connectivity index (χ3n) is 3.04. The Morgan fingerprint density at radius 2 is 2.06 bits per heavy atom. The number of carbonyl (C=O) groups is 2. The van der Waals surface area contributed by atoms with Gasteiger partial charge in [-0.1, -0.05) is 0 Å². The molecule has 0 saturated carbocycles. The van der Waals surface area contributed by atoms with Gasteiger partial charge in [0.05, 0.1) is 11.1 Å². The minimum atomic E-state index is -0.298. The number of benzene rings is 1. The van der Waals surface area contributed by atoms with E-state index in [4.69, 9.17) is 0 Å². The first-order valence-electron chi connectivity index (χ1n) is 5.58. The number of fused-ring (bicyclic) bond motifs is 1. The van der Waals surface area contributed by atoms with Gasteiger partial charge < -0.3 is 5.32 Å². The van der Waals surface area contributed by atoms with Crippen molar-refractivity contribution in [3.8, 4) is 0 Å². The molecule has 0 radical (unpaired) electrons. The lowest BCUT2D eigenvalue weighted by atomic mass is 10.1. The van der Waals surface area contributed by atoms with Gasteiger partial charge in [-0.3, -0.25) is 14.9 Å². The fourth-order valence-corrected chi connectivity index (χ4v) is 3.29. The maximum atomic E-state index is 11.5. The molecule has 0 bridgehead atoms. The number of imide groups is 1. The first-order chi connectivity index (χ1) is 8.24. The van der Waals surface area contributed by atoms with Crippen LogP contribution in [0.4, 0.5) is 5.69 Å². The predicted molar refractivity (Wildman–Crippen MR) is 67.6 cm³/mol. The highest BCUT2D eigenvalue weighted by molar-refractivity contribution is 7.99. The summed E-state index contributed by atoms with van der Waals surface area (Å²) in [5.74, 6) is 1.69. The molecule has 3 rings (SSSR count). The molecule has 5 heteroatoms. The van der Waals surface area contributed by atoms with Gasteiger partial charge in [0.25, 0.3) is 11.8 Å². The number of nitrogens with one attached hydrogen (secondary N) is 2. The third kappa shape index (κ3) is 1.91. The SMILES string of the molecule is O=C1NC(=O)c2cc(NC3CCSC3)ccc21. The molecule has 2 heterocycles. The zero-order valence-electron chi connectivity index (χ0n) is 9.16. The standard InChI is InChI=1S/C12H12N2O2S/c15-11-9-2-1-7(5-10(9)12(16)14-11)13-8-3-4-17-6-8/h1-2,5,8,13H,3-4,6H2,(H,14,15,16). The van der Waals surface area contributed by atoms with Gasteiger partial charge in [-0.25, -0.2) is 0 Å². The Bertz CT molecular complexity index is 495. The maximum absolute atomic E-state index is 11.5. The summed E-state index contributed by atoms with van der Waals surface area (Å²) in [5, 5.41) is 5.69. The first-order valence-corrected chi connectivity index (χ1v) is 6.73. The molecule has 2 N–H and O–H groups in total. The Hall–Kier alpha value is -1.49. The molecular formula is C12H12N2O2S.